The van der Waals surface area contributed by atoms with Gasteiger partial charge in [0.25, 0.3) is 5.01 Å². The third kappa shape index (κ3) is 7.11. The molecule has 3 aromatic rings. The number of hydrogen-bond acceptors (Lipinski definition) is 8. The van der Waals surface area contributed by atoms with Gasteiger partial charge in [0, 0.05) is 36.0 Å². The summed E-state index contributed by atoms with van der Waals surface area (Å²) in [6.07, 6.45) is 12.5. The molecule has 1 N–H and O–H groups in total. The van der Waals surface area contributed by atoms with E-state index in [4.69, 9.17) is 9.47 Å². The van der Waals surface area contributed by atoms with Crippen molar-refractivity contribution in [2.75, 3.05) is 44.7 Å². The first kappa shape index (κ1) is 35.1. The quantitative estimate of drug-likeness (QED) is 0.177. The predicted octanol–water partition coefficient (Wildman–Crippen LogP) is 5.00. The number of fused-ring (bicyclic) bond motifs is 2. The standard InChI is InChI=1S/C33H39N3O3S4.HI/c1-8-34-33(37)22-12-20(14-31-35(9-2)23-16-25(38-4)29(40-6)18-27(23)42-31)11-21(13-22)15-32-36(10-3)24-17-26(39-5)30(41-7)19-28(24)43-32;/h11,14-19,22H,8-10,12-13H2,1-7H3;1H. The Bertz CT molecular complexity index is 1630. The molecule has 0 saturated heterocycles. The monoisotopic (exact) mass is 781 g/mol. The number of nitrogens with one attached hydrogen (secondary N) is 1. The number of thiazole rings is 1. The topological polar surface area (TPSA) is 54.7 Å². The second-order valence-electron chi connectivity index (χ2n) is 10.3. The molecule has 1 aliphatic carbocycles. The van der Waals surface area contributed by atoms with Gasteiger partial charge in [-0.1, -0.05) is 29.2 Å². The van der Waals surface area contributed by atoms with Crippen LogP contribution >= 0.6 is 46.6 Å². The largest absolute Gasteiger partial charge is 1.00 e. The molecule has 2 aliphatic rings. The van der Waals surface area contributed by atoms with Gasteiger partial charge in [-0.2, -0.15) is 4.57 Å². The van der Waals surface area contributed by atoms with E-state index < -0.39 is 0 Å². The van der Waals surface area contributed by atoms with E-state index in [0.717, 1.165) is 47.2 Å². The van der Waals surface area contributed by atoms with Crippen molar-refractivity contribution in [2.24, 2.45) is 5.92 Å². The smallest absolute Gasteiger partial charge is 0.263 e. The van der Waals surface area contributed by atoms with Gasteiger partial charge in [-0.15, -0.1) is 23.5 Å². The van der Waals surface area contributed by atoms with E-state index in [9.17, 15) is 4.79 Å². The summed E-state index contributed by atoms with van der Waals surface area (Å²) < 4.78 is 15.0. The van der Waals surface area contributed by atoms with Crippen molar-refractivity contribution in [3.8, 4) is 11.5 Å². The normalized spacial score (nSPS) is 17.9. The van der Waals surface area contributed by atoms with E-state index in [2.05, 4.69) is 83.6 Å². The van der Waals surface area contributed by atoms with Crippen LogP contribution in [0.25, 0.3) is 16.3 Å². The zero-order chi connectivity index (χ0) is 30.7. The van der Waals surface area contributed by atoms with Gasteiger partial charge in [0.05, 0.1) is 40.8 Å². The third-order valence-electron chi connectivity index (χ3n) is 7.78. The lowest BCUT2D eigenvalue weighted by Gasteiger charge is -2.24. The van der Waals surface area contributed by atoms with E-state index in [0.29, 0.717) is 6.54 Å². The lowest BCUT2D eigenvalue weighted by Crippen LogP contribution is -3.00. The highest BCUT2D eigenvalue weighted by molar-refractivity contribution is 8.03. The Hall–Kier alpha value is -1.80. The van der Waals surface area contributed by atoms with Gasteiger partial charge in [0.2, 0.25) is 11.4 Å². The van der Waals surface area contributed by atoms with Crippen molar-refractivity contribution in [1.29, 1.82) is 0 Å². The lowest BCUT2D eigenvalue weighted by molar-refractivity contribution is -0.665. The second-order valence-corrected chi connectivity index (χ2v) is 14.1. The molecule has 44 heavy (non-hydrogen) atoms. The lowest BCUT2D eigenvalue weighted by atomic mass is 9.85. The van der Waals surface area contributed by atoms with Crippen molar-refractivity contribution in [3.63, 3.8) is 0 Å². The van der Waals surface area contributed by atoms with E-state index in [1.807, 2.05) is 6.92 Å². The average molecular weight is 782 g/mol. The van der Waals surface area contributed by atoms with Gasteiger partial charge in [-0.25, -0.2) is 0 Å². The number of hydrogen-bond donors (Lipinski definition) is 1. The molecular weight excluding hydrogens is 742 g/mol. The highest BCUT2D eigenvalue weighted by atomic mass is 127. The molecule has 11 heteroatoms. The van der Waals surface area contributed by atoms with Crippen LogP contribution in [0.5, 0.6) is 11.5 Å². The number of anilines is 1. The molecule has 0 bridgehead atoms. The number of halogens is 1. The van der Waals surface area contributed by atoms with Crippen LogP contribution in [0.3, 0.4) is 0 Å². The Morgan fingerprint density at radius 2 is 1.75 bits per heavy atom. The summed E-state index contributed by atoms with van der Waals surface area (Å²) in [5, 5.41) is 5.44. The van der Waals surface area contributed by atoms with Gasteiger partial charge in [-0.3, -0.25) is 4.79 Å². The van der Waals surface area contributed by atoms with Crippen LogP contribution in [0.1, 0.15) is 38.6 Å². The Kier molecular flexibility index (Phi) is 12.5. The number of amides is 1. The van der Waals surface area contributed by atoms with E-state index >= 15 is 0 Å². The first-order valence-corrected chi connectivity index (χ1v) is 18.7. The Balaban J connectivity index is 0.00000442. The van der Waals surface area contributed by atoms with Crippen LogP contribution in [-0.2, 0) is 11.3 Å². The fourth-order valence-electron chi connectivity index (χ4n) is 5.74. The zero-order valence-electron chi connectivity index (χ0n) is 26.3. The number of allylic oxidation sites excluding steroid dienone is 4. The van der Waals surface area contributed by atoms with Crippen LogP contribution in [0, 0.1) is 5.92 Å². The summed E-state index contributed by atoms with van der Waals surface area (Å²) in [6, 6.07) is 8.76. The minimum atomic E-state index is -0.109. The molecule has 1 amide bonds. The number of carbonyl (C=O) groups is 1. The van der Waals surface area contributed by atoms with Crippen molar-refractivity contribution in [2.45, 2.75) is 54.8 Å². The molecule has 6 nitrogen and oxygen atoms in total. The number of aryl methyl sites for hydroxylation is 1. The molecule has 1 aliphatic heterocycles. The van der Waals surface area contributed by atoms with Gasteiger partial charge >= 0.3 is 0 Å². The van der Waals surface area contributed by atoms with Crippen molar-refractivity contribution >= 4 is 74.5 Å². The number of nitrogens with zero attached hydrogens (tertiary/aromatic N) is 2. The Labute approximate surface area is 295 Å². The maximum absolute atomic E-state index is 13.2. The fraction of sp³-hybridized carbons (Fsp3) is 0.394. The summed E-state index contributed by atoms with van der Waals surface area (Å²) >= 11 is 6.99. The molecule has 0 saturated carbocycles. The minimum absolute atomic E-state index is 0. The Morgan fingerprint density at radius 1 is 1.05 bits per heavy atom. The van der Waals surface area contributed by atoms with Crippen LogP contribution in [0.2, 0.25) is 0 Å². The molecule has 0 spiro atoms. The maximum Gasteiger partial charge on any atom is 0.263 e. The maximum atomic E-state index is 13.2. The van der Waals surface area contributed by atoms with Crippen LogP contribution < -0.4 is 48.2 Å². The number of thioether (sulfide) groups is 3. The molecule has 2 heterocycles. The molecule has 0 fully saturated rings. The van der Waals surface area contributed by atoms with E-state index in [1.165, 1.54) is 42.0 Å². The first-order chi connectivity index (χ1) is 20.9. The van der Waals surface area contributed by atoms with Gasteiger partial charge in [0.15, 0.2) is 0 Å². The van der Waals surface area contributed by atoms with E-state index in [1.54, 1.807) is 60.8 Å². The van der Waals surface area contributed by atoms with Gasteiger partial charge in [0.1, 0.15) is 22.7 Å². The number of carbonyl (C=O) groups excluding carboxylic acids is 1. The minimum Gasteiger partial charge on any atom is -1.00 e. The van der Waals surface area contributed by atoms with Crippen molar-refractivity contribution in [3.05, 3.63) is 57.6 Å². The molecule has 236 valence electrons. The number of benzene rings is 2. The first-order valence-electron chi connectivity index (χ1n) is 14.6. The van der Waals surface area contributed by atoms with Crippen LogP contribution in [0.15, 0.2) is 67.3 Å². The molecule has 2 aromatic carbocycles. The molecule has 1 unspecified atom stereocenters. The highest BCUT2D eigenvalue weighted by Crippen LogP contribution is 2.50. The van der Waals surface area contributed by atoms with Crippen molar-refractivity contribution < 1.29 is 42.8 Å². The summed E-state index contributed by atoms with van der Waals surface area (Å²) in [5.41, 5.74) is 4.70. The molecule has 1 atom stereocenters. The fourth-order valence-corrected chi connectivity index (χ4v) is 9.50. The zero-order valence-corrected chi connectivity index (χ0v) is 31.7. The van der Waals surface area contributed by atoms with Gasteiger partial charge in [-0.05, 0) is 75.5 Å². The Morgan fingerprint density at radius 3 is 2.39 bits per heavy atom. The number of aromatic nitrogens is 1. The molecule has 1 aromatic heterocycles. The average Bonchev–Trinajstić information content (AvgIpc) is 3.54. The predicted molar refractivity (Wildman–Crippen MR) is 185 cm³/mol. The second kappa shape index (κ2) is 15.7. The molecule has 5 rings (SSSR count). The molecular formula is C33H40IN3O3S4. The number of rotatable bonds is 10. The summed E-state index contributed by atoms with van der Waals surface area (Å²) in [5.74, 6) is 1.82. The number of methoxy groups -OCH3 is 2. The summed E-state index contributed by atoms with van der Waals surface area (Å²) in [7, 11) is 3.46. The van der Waals surface area contributed by atoms with Crippen molar-refractivity contribution in [1.82, 2.24) is 5.32 Å². The number of ether oxygens (including phenoxy) is 2. The van der Waals surface area contributed by atoms with E-state index in [-0.39, 0.29) is 35.8 Å². The molecule has 0 radical (unpaired) electrons. The highest BCUT2D eigenvalue weighted by Gasteiger charge is 2.30. The third-order valence-corrected chi connectivity index (χ3v) is 11.5. The van der Waals surface area contributed by atoms with Crippen LogP contribution in [0.4, 0.5) is 5.69 Å². The summed E-state index contributed by atoms with van der Waals surface area (Å²) in [4.78, 5) is 19.0. The summed E-state index contributed by atoms with van der Waals surface area (Å²) in [6.45, 7) is 8.68. The van der Waals surface area contributed by atoms with Gasteiger partial charge < -0.3 is 43.7 Å². The SMILES string of the molecule is CCNC(=O)C1CC(/C=C2\Sc3cc(SC)c(OC)cc3N2CC)=CC(=C/c2sc3cc(SC)c(OC)cc3[n+]2CC)/C1.[I-]. The van der Waals surface area contributed by atoms with Crippen LogP contribution in [-0.4, -0.2) is 45.7 Å².